The molecular formula is C23H27N5O4. The first-order chi connectivity index (χ1) is 15.6. The second kappa shape index (κ2) is 9.78. The molecule has 0 aliphatic carbocycles. The van der Waals surface area contributed by atoms with Crippen LogP contribution in [0.4, 0.5) is 0 Å². The summed E-state index contributed by atoms with van der Waals surface area (Å²) in [5.74, 6) is 0.695. The number of amides is 1. The molecule has 9 nitrogen and oxygen atoms in total. The third-order valence-electron chi connectivity index (χ3n) is 5.84. The summed E-state index contributed by atoms with van der Waals surface area (Å²) in [7, 11) is 3.00. The molecule has 9 heteroatoms. The number of nitrogens with zero attached hydrogens (tertiary/aromatic N) is 5. The topological polar surface area (TPSA) is 89.8 Å². The molecule has 0 bridgehead atoms. The van der Waals surface area contributed by atoms with E-state index in [1.165, 1.54) is 24.5 Å². The molecule has 1 amide bonds. The van der Waals surface area contributed by atoms with Gasteiger partial charge in [0.15, 0.2) is 11.5 Å². The number of fused-ring (bicyclic) bond motifs is 1. The number of ether oxygens (including phenoxy) is 2. The molecule has 1 aliphatic rings. The maximum atomic E-state index is 13.0. The van der Waals surface area contributed by atoms with E-state index in [0.29, 0.717) is 35.4 Å². The van der Waals surface area contributed by atoms with Gasteiger partial charge < -0.3 is 14.4 Å². The zero-order chi connectivity index (χ0) is 22.5. The van der Waals surface area contributed by atoms with Crippen LogP contribution in [0.1, 0.15) is 5.56 Å². The van der Waals surface area contributed by atoms with Crippen LogP contribution in [0.5, 0.6) is 11.5 Å². The fourth-order valence-corrected chi connectivity index (χ4v) is 3.98. The first-order valence-corrected chi connectivity index (χ1v) is 10.6. The van der Waals surface area contributed by atoms with Crippen molar-refractivity contribution in [2.24, 2.45) is 0 Å². The smallest absolute Gasteiger partial charge is 0.279 e. The Hall–Kier alpha value is -3.46. The lowest BCUT2D eigenvalue weighted by Crippen LogP contribution is -2.50. The molecule has 0 radical (unpaired) electrons. The van der Waals surface area contributed by atoms with Gasteiger partial charge in [-0.1, -0.05) is 0 Å². The van der Waals surface area contributed by atoms with Gasteiger partial charge in [0.2, 0.25) is 5.91 Å². The predicted molar refractivity (Wildman–Crippen MR) is 120 cm³/mol. The summed E-state index contributed by atoms with van der Waals surface area (Å²) in [6.07, 6.45) is 6.14. The third kappa shape index (κ3) is 4.57. The Kier molecular flexibility index (Phi) is 6.65. The summed E-state index contributed by atoms with van der Waals surface area (Å²) in [6, 6.07) is 7.53. The van der Waals surface area contributed by atoms with E-state index >= 15 is 0 Å². The van der Waals surface area contributed by atoms with Crippen LogP contribution in [-0.2, 0) is 17.8 Å². The molecule has 0 unspecified atom stereocenters. The summed E-state index contributed by atoms with van der Waals surface area (Å²) >= 11 is 0. The molecule has 168 valence electrons. The minimum Gasteiger partial charge on any atom is -0.493 e. The van der Waals surface area contributed by atoms with Crippen molar-refractivity contribution in [1.29, 1.82) is 0 Å². The molecule has 1 fully saturated rings. The lowest BCUT2D eigenvalue weighted by molar-refractivity contribution is -0.133. The molecule has 32 heavy (non-hydrogen) atoms. The van der Waals surface area contributed by atoms with Gasteiger partial charge in [0.1, 0.15) is 6.54 Å². The van der Waals surface area contributed by atoms with Crippen LogP contribution >= 0.6 is 0 Å². The van der Waals surface area contributed by atoms with Crippen LogP contribution in [0.25, 0.3) is 10.8 Å². The quantitative estimate of drug-likeness (QED) is 0.549. The van der Waals surface area contributed by atoms with E-state index in [9.17, 15) is 9.59 Å². The molecule has 0 saturated carbocycles. The Bertz CT molecular complexity index is 1140. The fourth-order valence-electron chi connectivity index (χ4n) is 3.98. The number of carbonyl (C=O) groups excluding carboxylic acids is 1. The number of hydrogen-bond donors (Lipinski definition) is 0. The van der Waals surface area contributed by atoms with Crippen molar-refractivity contribution in [3.05, 3.63) is 58.8 Å². The van der Waals surface area contributed by atoms with Crippen LogP contribution in [0.3, 0.4) is 0 Å². The Balaban J connectivity index is 1.40. The highest BCUT2D eigenvalue weighted by molar-refractivity contribution is 5.89. The van der Waals surface area contributed by atoms with Crippen LogP contribution in [0.2, 0.25) is 0 Å². The van der Waals surface area contributed by atoms with Crippen molar-refractivity contribution < 1.29 is 14.3 Å². The summed E-state index contributed by atoms with van der Waals surface area (Å²) in [5.41, 5.74) is 0.884. The number of rotatable bonds is 7. The maximum Gasteiger partial charge on any atom is 0.279 e. The van der Waals surface area contributed by atoms with E-state index in [2.05, 4.69) is 15.0 Å². The van der Waals surface area contributed by atoms with Crippen molar-refractivity contribution in [2.75, 3.05) is 46.9 Å². The highest BCUT2D eigenvalue weighted by Gasteiger charge is 2.22. The Labute approximate surface area is 186 Å². The average molecular weight is 438 g/mol. The maximum absolute atomic E-state index is 13.0. The summed E-state index contributed by atoms with van der Waals surface area (Å²) in [4.78, 5) is 34.1. The fraction of sp³-hybridized carbons (Fsp3) is 0.391. The van der Waals surface area contributed by atoms with Crippen molar-refractivity contribution in [3.8, 4) is 11.5 Å². The number of pyridine rings is 1. The monoisotopic (exact) mass is 437 g/mol. The summed E-state index contributed by atoms with van der Waals surface area (Å²) < 4.78 is 11.9. The van der Waals surface area contributed by atoms with Gasteiger partial charge in [-0.05, 0) is 36.2 Å². The number of carbonyl (C=O) groups is 1. The van der Waals surface area contributed by atoms with Crippen LogP contribution in [-0.4, -0.2) is 77.4 Å². The Morgan fingerprint density at radius 3 is 2.47 bits per heavy atom. The van der Waals surface area contributed by atoms with E-state index in [0.717, 1.165) is 26.1 Å². The van der Waals surface area contributed by atoms with E-state index in [1.54, 1.807) is 35.6 Å². The molecule has 3 aromatic rings. The van der Waals surface area contributed by atoms with E-state index in [4.69, 9.17) is 9.47 Å². The first kappa shape index (κ1) is 21.8. The molecule has 0 spiro atoms. The normalized spacial score (nSPS) is 14.5. The molecule has 1 aromatic carbocycles. The standard InChI is InChI=1S/C23H27N5O4/c1-31-19-4-3-18-15-25-28(23(30)21(18)22(19)32-2)16-20(29)27-13-11-26(12-14-27)10-7-17-5-8-24-9-6-17/h3-6,8-9,15H,7,10-14,16H2,1-2H3. The minimum absolute atomic E-state index is 0.105. The average Bonchev–Trinajstić information content (AvgIpc) is 2.84. The molecule has 0 N–H and O–H groups in total. The largest absolute Gasteiger partial charge is 0.493 e. The van der Waals surface area contributed by atoms with Crippen LogP contribution in [0, 0.1) is 0 Å². The minimum atomic E-state index is -0.373. The van der Waals surface area contributed by atoms with Crippen LogP contribution in [0.15, 0.2) is 47.7 Å². The number of aromatic nitrogens is 3. The zero-order valence-corrected chi connectivity index (χ0v) is 18.4. The summed E-state index contributed by atoms with van der Waals surface area (Å²) in [5, 5.41) is 5.19. The predicted octanol–water partition coefficient (Wildman–Crippen LogP) is 1.20. The number of piperazine rings is 1. The van der Waals surface area contributed by atoms with Gasteiger partial charge in [-0.3, -0.25) is 19.5 Å². The SMILES string of the molecule is COc1ccc2cnn(CC(=O)N3CCN(CCc4ccncc4)CC3)c(=O)c2c1OC. The van der Waals surface area contributed by atoms with Gasteiger partial charge in [0.25, 0.3) is 5.56 Å². The molecule has 3 heterocycles. The van der Waals surface area contributed by atoms with E-state index in [1.807, 2.05) is 12.1 Å². The van der Waals surface area contributed by atoms with Gasteiger partial charge in [-0.25, -0.2) is 4.68 Å². The molecule has 4 rings (SSSR count). The van der Waals surface area contributed by atoms with Crippen molar-refractivity contribution >= 4 is 16.7 Å². The van der Waals surface area contributed by atoms with Gasteiger partial charge in [0.05, 0.1) is 25.8 Å². The lowest BCUT2D eigenvalue weighted by Gasteiger charge is -2.34. The highest BCUT2D eigenvalue weighted by atomic mass is 16.5. The third-order valence-corrected chi connectivity index (χ3v) is 5.84. The van der Waals surface area contributed by atoms with Crippen molar-refractivity contribution in [3.63, 3.8) is 0 Å². The number of benzene rings is 1. The second-order valence-corrected chi connectivity index (χ2v) is 7.70. The van der Waals surface area contributed by atoms with Gasteiger partial charge >= 0.3 is 0 Å². The van der Waals surface area contributed by atoms with Crippen LogP contribution < -0.4 is 15.0 Å². The van der Waals surface area contributed by atoms with E-state index < -0.39 is 0 Å². The van der Waals surface area contributed by atoms with Gasteiger partial charge in [-0.15, -0.1) is 0 Å². The van der Waals surface area contributed by atoms with Gasteiger partial charge in [0, 0.05) is 50.5 Å². The Morgan fingerprint density at radius 1 is 1.03 bits per heavy atom. The summed E-state index contributed by atoms with van der Waals surface area (Å²) in [6.45, 7) is 3.72. The molecule has 1 aliphatic heterocycles. The van der Waals surface area contributed by atoms with Crippen molar-refractivity contribution in [1.82, 2.24) is 24.6 Å². The number of methoxy groups -OCH3 is 2. The number of hydrogen-bond acceptors (Lipinski definition) is 7. The molecule has 0 atom stereocenters. The van der Waals surface area contributed by atoms with Crippen molar-refractivity contribution in [2.45, 2.75) is 13.0 Å². The first-order valence-electron chi connectivity index (χ1n) is 10.6. The second-order valence-electron chi connectivity index (χ2n) is 7.70. The zero-order valence-electron chi connectivity index (χ0n) is 18.4. The highest BCUT2D eigenvalue weighted by Crippen LogP contribution is 2.32. The van der Waals surface area contributed by atoms with Gasteiger partial charge in [-0.2, -0.15) is 5.10 Å². The lowest BCUT2D eigenvalue weighted by atomic mass is 10.1. The molecule has 1 saturated heterocycles. The molecule has 2 aromatic heterocycles. The van der Waals surface area contributed by atoms with E-state index in [-0.39, 0.29) is 18.0 Å². The Morgan fingerprint density at radius 2 is 1.78 bits per heavy atom. The molecular weight excluding hydrogens is 410 g/mol.